The first-order chi connectivity index (χ1) is 13.0. The van der Waals surface area contributed by atoms with E-state index in [9.17, 15) is 5.11 Å². The lowest BCUT2D eigenvalue weighted by Gasteiger charge is -2.14. The Morgan fingerprint density at radius 3 is 2.67 bits per heavy atom. The standard InChI is InChI=1S/C21H22N4O2/c1-13(2)12-27-18-10-6-5-9-16(18)25-11-17(26)19(20(25)22)21-23-14-7-3-4-8-15(14)24-21/h3-11,13,26H,12,22H2,1-2H3,(H,23,24). The smallest absolute Gasteiger partial charge is 0.146 e. The number of anilines is 1. The largest absolute Gasteiger partial charge is 0.505 e. The number of nitrogens with zero attached hydrogens (tertiary/aromatic N) is 2. The van der Waals surface area contributed by atoms with Crippen molar-refractivity contribution in [3.8, 4) is 28.6 Å². The van der Waals surface area contributed by atoms with Gasteiger partial charge in [0.2, 0.25) is 0 Å². The van der Waals surface area contributed by atoms with Crippen LogP contribution in [0.3, 0.4) is 0 Å². The SMILES string of the molecule is CC(C)COc1ccccc1-n1cc(O)c(-c2nc3ccccc3[nH]2)c1N. The van der Waals surface area contributed by atoms with Gasteiger partial charge in [0, 0.05) is 0 Å². The van der Waals surface area contributed by atoms with Crippen LogP contribution in [0.15, 0.2) is 54.7 Å². The summed E-state index contributed by atoms with van der Waals surface area (Å²) < 4.78 is 7.66. The van der Waals surface area contributed by atoms with E-state index in [2.05, 4.69) is 23.8 Å². The van der Waals surface area contributed by atoms with Gasteiger partial charge in [0.15, 0.2) is 0 Å². The molecule has 2 heterocycles. The van der Waals surface area contributed by atoms with Crippen LogP contribution >= 0.6 is 0 Å². The summed E-state index contributed by atoms with van der Waals surface area (Å²) in [5.41, 5.74) is 9.36. The zero-order valence-corrected chi connectivity index (χ0v) is 15.3. The molecule has 4 rings (SSSR count). The highest BCUT2D eigenvalue weighted by molar-refractivity contribution is 5.85. The third-order valence-electron chi connectivity index (χ3n) is 4.35. The van der Waals surface area contributed by atoms with E-state index in [-0.39, 0.29) is 5.75 Å². The molecule has 0 bridgehead atoms. The molecule has 2 aromatic heterocycles. The lowest BCUT2D eigenvalue weighted by molar-refractivity contribution is 0.270. The van der Waals surface area contributed by atoms with Crippen LogP contribution in [0, 0.1) is 5.92 Å². The molecule has 0 aliphatic rings. The number of ether oxygens (including phenoxy) is 1. The summed E-state index contributed by atoms with van der Waals surface area (Å²) in [7, 11) is 0. The molecule has 0 saturated carbocycles. The van der Waals surface area contributed by atoms with Gasteiger partial charge in [-0.1, -0.05) is 38.1 Å². The molecule has 4 N–H and O–H groups in total. The van der Waals surface area contributed by atoms with Crippen molar-refractivity contribution in [2.45, 2.75) is 13.8 Å². The minimum atomic E-state index is 0.0604. The molecule has 0 unspecified atom stereocenters. The number of H-pyrrole nitrogens is 1. The van der Waals surface area contributed by atoms with E-state index in [0.717, 1.165) is 16.7 Å². The number of nitrogens with two attached hydrogens (primary N) is 1. The third-order valence-corrected chi connectivity index (χ3v) is 4.35. The maximum Gasteiger partial charge on any atom is 0.146 e. The van der Waals surface area contributed by atoms with Gasteiger partial charge in [0.25, 0.3) is 0 Å². The second-order valence-electron chi connectivity index (χ2n) is 6.92. The fourth-order valence-corrected chi connectivity index (χ4v) is 3.06. The number of rotatable bonds is 5. The number of nitrogens with one attached hydrogen (secondary N) is 1. The van der Waals surface area contributed by atoms with E-state index in [1.54, 1.807) is 10.8 Å². The van der Waals surface area contributed by atoms with E-state index in [4.69, 9.17) is 10.5 Å². The van der Waals surface area contributed by atoms with Gasteiger partial charge in [-0.25, -0.2) is 4.98 Å². The number of nitrogen functional groups attached to an aromatic ring is 1. The second kappa shape index (κ2) is 6.72. The highest BCUT2D eigenvalue weighted by Gasteiger charge is 2.20. The van der Waals surface area contributed by atoms with Gasteiger partial charge in [-0.15, -0.1) is 0 Å². The summed E-state index contributed by atoms with van der Waals surface area (Å²) >= 11 is 0. The van der Waals surface area contributed by atoms with Crippen LogP contribution in [0.5, 0.6) is 11.5 Å². The Labute approximate surface area is 157 Å². The highest BCUT2D eigenvalue weighted by Crippen LogP contribution is 2.39. The zero-order chi connectivity index (χ0) is 19.0. The molecule has 0 aliphatic heterocycles. The molecule has 27 heavy (non-hydrogen) atoms. The van der Waals surface area contributed by atoms with Crippen LogP contribution in [-0.2, 0) is 0 Å². The van der Waals surface area contributed by atoms with Crippen molar-refractivity contribution >= 4 is 16.9 Å². The van der Waals surface area contributed by atoms with Crippen molar-refractivity contribution in [1.29, 1.82) is 0 Å². The van der Waals surface area contributed by atoms with E-state index < -0.39 is 0 Å². The first-order valence-electron chi connectivity index (χ1n) is 8.91. The molecule has 138 valence electrons. The Morgan fingerprint density at radius 1 is 1.15 bits per heavy atom. The Morgan fingerprint density at radius 2 is 1.89 bits per heavy atom. The quantitative estimate of drug-likeness (QED) is 0.492. The van der Waals surface area contributed by atoms with Crippen LogP contribution in [0.1, 0.15) is 13.8 Å². The highest BCUT2D eigenvalue weighted by atomic mass is 16.5. The maximum absolute atomic E-state index is 10.6. The number of aromatic nitrogens is 3. The molecule has 0 radical (unpaired) electrons. The van der Waals surface area contributed by atoms with Crippen molar-refractivity contribution in [3.63, 3.8) is 0 Å². The zero-order valence-electron chi connectivity index (χ0n) is 15.3. The van der Waals surface area contributed by atoms with Gasteiger partial charge in [-0.3, -0.25) is 4.57 Å². The first-order valence-corrected chi connectivity index (χ1v) is 8.91. The molecule has 0 atom stereocenters. The fourth-order valence-electron chi connectivity index (χ4n) is 3.06. The molecular formula is C21H22N4O2. The van der Waals surface area contributed by atoms with Gasteiger partial charge >= 0.3 is 0 Å². The van der Waals surface area contributed by atoms with E-state index in [1.807, 2.05) is 48.5 Å². The summed E-state index contributed by atoms with van der Waals surface area (Å²) in [6, 6.07) is 15.3. The molecule has 0 fully saturated rings. The number of fused-ring (bicyclic) bond motifs is 1. The van der Waals surface area contributed by atoms with Crippen LogP contribution in [-0.4, -0.2) is 26.2 Å². The average Bonchev–Trinajstić information content (AvgIpc) is 3.20. The van der Waals surface area contributed by atoms with E-state index >= 15 is 0 Å². The van der Waals surface area contributed by atoms with Crippen LogP contribution in [0.25, 0.3) is 28.1 Å². The van der Waals surface area contributed by atoms with E-state index in [1.165, 1.54) is 0 Å². The van der Waals surface area contributed by atoms with Gasteiger partial charge in [-0.2, -0.15) is 0 Å². The average molecular weight is 362 g/mol. The Kier molecular flexibility index (Phi) is 4.24. The normalized spacial score (nSPS) is 11.4. The Bertz CT molecular complexity index is 1060. The molecule has 0 saturated heterocycles. The maximum atomic E-state index is 10.6. The summed E-state index contributed by atoms with van der Waals surface area (Å²) in [4.78, 5) is 7.77. The van der Waals surface area contributed by atoms with Gasteiger partial charge in [0.1, 0.15) is 28.7 Å². The summed E-state index contributed by atoms with van der Waals surface area (Å²) in [5, 5.41) is 10.6. The minimum absolute atomic E-state index is 0.0604. The molecule has 2 aromatic carbocycles. The molecule has 0 spiro atoms. The lowest BCUT2D eigenvalue weighted by Crippen LogP contribution is -2.08. The van der Waals surface area contributed by atoms with Crippen molar-refractivity contribution in [2.24, 2.45) is 5.92 Å². The van der Waals surface area contributed by atoms with Crippen LogP contribution < -0.4 is 10.5 Å². The summed E-state index contributed by atoms with van der Waals surface area (Å²) in [6.07, 6.45) is 1.59. The van der Waals surface area contributed by atoms with Gasteiger partial charge in [0.05, 0.1) is 29.5 Å². The number of hydrogen-bond donors (Lipinski definition) is 3. The number of imidazole rings is 1. The summed E-state index contributed by atoms with van der Waals surface area (Å²) in [6.45, 7) is 4.79. The number of aromatic amines is 1. The molecule has 0 aliphatic carbocycles. The summed E-state index contributed by atoms with van der Waals surface area (Å²) in [5.74, 6) is 2.10. The molecular weight excluding hydrogens is 340 g/mol. The van der Waals surface area contributed by atoms with Crippen LogP contribution in [0.4, 0.5) is 5.82 Å². The van der Waals surface area contributed by atoms with Gasteiger partial charge < -0.3 is 20.6 Å². The van der Waals surface area contributed by atoms with Crippen molar-refractivity contribution in [1.82, 2.24) is 14.5 Å². The number of benzene rings is 2. The fraction of sp³-hybridized carbons (Fsp3) is 0.190. The second-order valence-corrected chi connectivity index (χ2v) is 6.92. The molecule has 6 heteroatoms. The first kappa shape index (κ1) is 17.0. The Balaban J connectivity index is 1.80. The number of para-hydroxylation sites is 4. The molecule has 4 aromatic rings. The number of aromatic hydroxyl groups is 1. The van der Waals surface area contributed by atoms with Gasteiger partial charge in [-0.05, 0) is 30.2 Å². The third kappa shape index (κ3) is 3.10. The molecule has 0 amide bonds. The monoisotopic (exact) mass is 362 g/mol. The van der Waals surface area contributed by atoms with Crippen molar-refractivity contribution in [3.05, 3.63) is 54.7 Å². The van der Waals surface area contributed by atoms with Crippen molar-refractivity contribution in [2.75, 3.05) is 12.3 Å². The predicted molar refractivity (Wildman–Crippen MR) is 107 cm³/mol. The molecule has 6 nitrogen and oxygen atoms in total. The topological polar surface area (TPSA) is 89.1 Å². The van der Waals surface area contributed by atoms with Crippen LogP contribution in [0.2, 0.25) is 0 Å². The predicted octanol–water partition coefficient (Wildman–Crippen LogP) is 4.34. The minimum Gasteiger partial charge on any atom is -0.505 e. The van der Waals surface area contributed by atoms with Crippen molar-refractivity contribution < 1.29 is 9.84 Å². The van der Waals surface area contributed by atoms with E-state index in [0.29, 0.717) is 35.5 Å². The lowest BCUT2D eigenvalue weighted by atomic mass is 10.2. The Hall–Kier alpha value is -3.41. The number of hydrogen-bond acceptors (Lipinski definition) is 4.